The number of rotatable bonds is 2. The van der Waals surface area contributed by atoms with Crippen LogP contribution in [0.4, 0.5) is 4.39 Å². The minimum Gasteiger partial charge on any atom is -0.344 e. The van der Waals surface area contributed by atoms with Gasteiger partial charge in [-0.25, -0.2) is 4.39 Å². The molecule has 0 spiro atoms. The predicted molar refractivity (Wildman–Crippen MR) is 75.8 cm³/mol. The molecule has 1 aromatic carbocycles. The van der Waals surface area contributed by atoms with Gasteiger partial charge in [0.2, 0.25) is 5.91 Å². The Morgan fingerprint density at radius 1 is 1.57 bits per heavy atom. The molecule has 21 heavy (non-hydrogen) atoms. The number of halogens is 1. The summed E-state index contributed by atoms with van der Waals surface area (Å²) in [6.07, 6.45) is 0.523. The lowest BCUT2D eigenvalue weighted by molar-refractivity contribution is -0.128. The van der Waals surface area contributed by atoms with Crippen molar-refractivity contribution in [2.45, 2.75) is 12.5 Å². The van der Waals surface area contributed by atoms with Gasteiger partial charge < -0.3 is 16.0 Å². The number of carbonyl (C=O) groups excluding carboxylic acids is 2. The predicted octanol–water partition coefficient (Wildman–Crippen LogP) is 0.0964. The number of hydrogen-bond donors (Lipinski definition) is 2. The molecule has 1 aromatic rings. The summed E-state index contributed by atoms with van der Waals surface area (Å²) in [7, 11) is 1.66. The van der Waals surface area contributed by atoms with Crippen LogP contribution in [-0.4, -0.2) is 42.9 Å². The molecule has 0 saturated carbocycles. The van der Waals surface area contributed by atoms with E-state index in [4.69, 9.17) is 5.73 Å². The van der Waals surface area contributed by atoms with Crippen molar-refractivity contribution < 1.29 is 14.0 Å². The minimum atomic E-state index is -0.649. The highest BCUT2D eigenvalue weighted by Crippen LogP contribution is 2.13. The third kappa shape index (κ3) is 3.38. The molecule has 110 valence electrons. The lowest BCUT2D eigenvalue weighted by Crippen LogP contribution is -2.40. The first-order valence-corrected chi connectivity index (χ1v) is 6.57. The van der Waals surface area contributed by atoms with Crippen molar-refractivity contribution in [3.63, 3.8) is 0 Å². The fraction of sp³-hybridized carbons (Fsp3) is 0.333. The van der Waals surface area contributed by atoms with Crippen molar-refractivity contribution >= 4 is 11.8 Å². The Bertz CT molecular complexity index is 634. The first-order chi connectivity index (χ1) is 10.0. The highest BCUT2D eigenvalue weighted by molar-refractivity contribution is 5.98. The van der Waals surface area contributed by atoms with E-state index in [1.54, 1.807) is 7.05 Å². The van der Waals surface area contributed by atoms with E-state index in [9.17, 15) is 14.0 Å². The zero-order chi connectivity index (χ0) is 15.4. The smallest absolute Gasteiger partial charge is 0.254 e. The van der Waals surface area contributed by atoms with Crippen molar-refractivity contribution in [2.75, 3.05) is 20.1 Å². The average Bonchev–Trinajstić information content (AvgIpc) is 2.78. The maximum Gasteiger partial charge on any atom is 0.254 e. The van der Waals surface area contributed by atoms with Crippen molar-refractivity contribution in [1.29, 1.82) is 0 Å². The van der Waals surface area contributed by atoms with Crippen molar-refractivity contribution in [3.8, 4) is 11.8 Å². The topological polar surface area (TPSA) is 75.4 Å². The van der Waals surface area contributed by atoms with Crippen molar-refractivity contribution in [1.82, 2.24) is 10.2 Å². The van der Waals surface area contributed by atoms with Crippen LogP contribution in [0.2, 0.25) is 0 Å². The van der Waals surface area contributed by atoms with E-state index in [1.807, 2.05) is 0 Å². The van der Waals surface area contributed by atoms with E-state index in [0.29, 0.717) is 18.5 Å². The SMILES string of the molecule is CN1CCC(NC(=O)c2cc(C#CCN)ccc2F)C1=O. The van der Waals surface area contributed by atoms with E-state index in [-0.39, 0.29) is 18.0 Å². The zero-order valence-corrected chi connectivity index (χ0v) is 11.6. The molecule has 1 fully saturated rings. The minimum absolute atomic E-state index is 0.124. The van der Waals surface area contributed by atoms with Crippen LogP contribution in [0.25, 0.3) is 0 Å². The Morgan fingerprint density at radius 2 is 2.33 bits per heavy atom. The molecule has 0 bridgehead atoms. The number of nitrogens with one attached hydrogen (secondary N) is 1. The second-order valence-corrected chi connectivity index (χ2v) is 4.78. The monoisotopic (exact) mass is 289 g/mol. The molecule has 5 nitrogen and oxygen atoms in total. The lowest BCUT2D eigenvalue weighted by atomic mass is 10.1. The molecule has 1 heterocycles. The van der Waals surface area contributed by atoms with Gasteiger partial charge in [0, 0.05) is 19.2 Å². The van der Waals surface area contributed by atoms with Gasteiger partial charge in [-0.2, -0.15) is 0 Å². The van der Waals surface area contributed by atoms with Gasteiger partial charge in [0.15, 0.2) is 0 Å². The molecule has 1 aliphatic heterocycles. The Labute approximate surface area is 122 Å². The summed E-state index contributed by atoms with van der Waals surface area (Å²) in [5.74, 6) is 3.95. The normalized spacial score (nSPS) is 17.4. The van der Waals surface area contributed by atoms with Crippen LogP contribution in [0.3, 0.4) is 0 Å². The zero-order valence-electron chi connectivity index (χ0n) is 11.6. The summed E-state index contributed by atoms with van der Waals surface area (Å²) in [6, 6.07) is 3.42. The summed E-state index contributed by atoms with van der Waals surface area (Å²) < 4.78 is 13.8. The number of amides is 2. The third-order valence-corrected chi connectivity index (χ3v) is 3.28. The lowest BCUT2D eigenvalue weighted by Gasteiger charge is -2.12. The van der Waals surface area contributed by atoms with E-state index in [1.165, 1.54) is 23.1 Å². The average molecular weight is 289 g/mol. The maximum atomic E-state index is 13.8. The Morgan fingerprint density at radius 3 is 2.95 bits per heavy atom. The first kappa shape index (κ1) is 15.0. The van der Waals surface area contributed by atoms with E-state index < -0.39 is 17.8 Å². The quantitative estimate of drug-likeness (QED) is 0.758. The van der Waals surface area contributed by atoms with Gasteiger partial charge in [-0.1, -0.05) is 11.8 Å². The van der Waals surface area contributed by atoms with Gasteiger partial charge >= 0.3 is 0 Å². The van der Waals surface area contributed by atoms with Gasteiger partial charge in [0.05, 0.1) is 12.1 Å². The van der Waals surface area contributed by atoms with Crippen LogP contribution in [0.15, 0.2) is 18.2 Å². The van der Waals surface area contributed by atoms with Gasteiger partial charge in [-0.3, -0.25) is 9.59 Å². The first-order valence-electron chi connectivity index (χ1n) is 6.57. The molecule has 1 aliphatic rings. The standard InChI is InChI=1S/C15H16FN3O2/c1-19-8-6-13(15(19)21)18-14(20)11-9-10(3-2-7-17)4-5-12(11)16/h4-5,9,13H,6-8,17H2,1H3,(H,18,20). The van der Waals surface area contributed by atoms with Crippen LogP contribution in [0, 0.1) is 17.7 Å². The van der Waals surface area contributed by atoms with E-state index >= 15 is 0 Å². The molecule has 2 amide bonds. The number of nitrogens with zero attached hydrogens (tertiary/aromatic N) is 1. The Kier molecular flexibility index (Phi) is 4.55. The molecule has 6 heteroatoms. The second kappa shape index (κ2) is 6.37. The summed E-state index contributed by atoms with van der Waals surface area (Å²) in [4.78, 5) is 25.4. The van der Waals surface area contributed by atoms with Gasteiger partial charge in [-0.15, -0.1) is 0 Å². The summed E-state index contributed by atoms with van der Waals surface area (Å²) in [5, 5.41) is 2.56. The van der Waals surface area contributed by atoms with Gasteiger partial charge in [-0.05, 0) is 24.6 Å². The molecule has 0 radical (unpaired) electrons. The molecular weight excluding hydrogens is 273 g/mol. The largest absolute Gasteiger partial charge is 0.344 e. The summed E-state index contributed by atoms with van der Waals surface area (Å²) >= 11 is 0. The summed E-state index contributed by atoms with van der Waals surface area (Å²) in [5.41, 5.74) is 5.65. The maximum absolute atomic E-state index is 13.8. The third-order valence-electron chi connectivity index (χ3n) is 3.28. The van der Waals surface area contributed by atoms with E-state index in [0.717, 1.165) is 0 Å². The number of nitrogens with two attached hydrogens (primary N) is 1. The van der Waals surface area contributed by atoms with Crippen LogP contribution in [0.1, 0.15) is 22.3 Å². The van der Waals surface area contributed by atoms with Crippen LogP contribution < -0.4 is 11.1 Å². The Hall–Kier alpha value is -2.39. The number of carbonyl (C=O) groups is 2. The molecule has 1 unspecified atom stereocenters. The molecule has 0 aromatic heterocycles. The number of benzene rings is 1. The fourth-order valence-corrected chi connectivity index (χ4v) is 2.12. The molecule has 3 N–H and O–H groups in total. The van der Waals surface area contributed by atoms with E-state index in [2.05, 4.69) is 17.2 Å². The molecule has 1 saturated heterocycles. The van der Waals surface area contributed by atoms with Crippen LogP contribution in [-0.2, 0) is 4.79 Å². The highest BCUT2D eigenvalue weighted by Gasteiger charge is 2.30. The number of likely N-dealkylation sites (tertiary alicyclic amines) is 1. The Balaban J connectivity index is 2.17. The van der Waals surface area contributed by atoms with Crippen molar-refractivity contribution in [3.05, 3.63) is 35.1 Å². The molecule has 0 aliphatic carbocycles. The molecule has 1 atom stereocenters. The molecular formula is C15H16FN3O2. The highest BCUT2D eigenvalue weighted by atomic mass is 19.1. The molecule has 2 rings (SSSR count). The summed E-state index contributed by atoms with van der Waals surface area (Å²) in [6.45, 7) is 0.760. The van der Waals surface area contributed by atoms with Gasteiger partial charge in [0.25, 0.3) is 5.91 Å². The van der Waals surface area contributed by atoms with Crippen molar-refractivity contribution in [2.24, 2.45) is 5.73 Å². The van der Waals surface area contributed by atoms with Gasteiger partial charge in [0.1, 0.15) is 11.9 Å². The number of hydrogen-bond acceptors (Lipinski definition) is 3. The fourth-order valence-electron chi connectivity index (χ4n) is 2.12. The van der Waals surface area contributed by atoms with Crippen LogP contribution in [0.5, 0.6) is 0 Å². The second-order valence-electron chi connectivity index (χ2n) is 4.78. The van der Waals surface area contributed by atoms with Crippen LogP contribution >= 0.6 is 0 Å². The number of likely N-dealkylation sites (N-methyl/N-ethyl adjacent to an activating group) is 1.